The molecule has 0 bridgehead atoms. The summed E-state index contributed by atoms with van der Waals surface area (Å²) in [4.78, 5) is 32.7. The molecule has 0 saturated heterocycles. The van der Waals surface area contributed by atoms with E-state index in [0.29, 0.717) is 23.7 Å². The highest BCUT2D eigenvalue weighted by Crippen LogP contribution is 2.41. The lowest BCUT2D eigenvalue weighted by Gasteiger charge is -2.22. The molecule has 170 valence electrons. The number of anilines is 2. The Hall–Kier alpha value is -3.56. The molecule has 4 aromatic rings. The van der Waals surface area contributed by atoms with Gasteiger partial charge < -0.3 is 0 Å². The third-order valence-electron chi connectivity index (χ3n) is 6.11. The van der Waals surface area contributed by atoms with Crippen LogP contribution in [0.1, 0.15) is 39.1 Å². The highest BCUT2D eigenvalue weighted by molar-refractivity contribution is 7.90. The first-order chi connectivity index (χ1) is 16.4. The van der Waals surface area contributed by atoms with Gasteiger partial charge in [0.1, 0.15) is 4.90 Å². The minimum absolute atomic E-state index is 0.107. The molecule has 2 aliphatic rings. The summed E-state index contributed by atoms with van der Waals surface area (Å²) in [6.45, 7) is 1.91. The molecular weight excluding hydrogens is 470 g/mol. The standard InChI is InChI=1S/C25H19N3O4S2/c1-15-6-2-4-8-20(15)27(25-26-19-7-3-5-9-21(19)33-25)23(29)16-10-13-18-22(14-16)34(31,32)28(24(18)30)17-11-12-17/h2-10,13-14,17H,11-12H2,1H3. The van der Waals surface area contributed by atoms with Crippen molar-refractivity contribution in [1.29, 1.82) is 0 Å². The number of fused-ring (bicyclic) bond motifs is 2. The van der Waals surface area contributed by atoms with E-state index in [1.54, 1.807) is 0 Å². The summed E-state index contributed by atoms with van der Waals surface area (Å²) in [7, 11) is -3.97. The van der Waals surface area contributed by atoms with Crippen molar-refractivity contribution in [2.75, 3.05) is 4.90 Å². The second kappa shape index (κ2) is 7.48. The fourth-order valence-electron chi connectivity index (χ4n) is 4.25. The number of aromatic nitrogens is 1. The summed E-state index contributed by atoms with van der Waals surface area (Å²) in [5.74, 6) is -0.929. The Labute approximate surface area is 200 Å². The third kappa shape index (κ3) is 3.15. The van der Waals surface area contributed by atoms with Crippen LogP contribution < -0.4 is 4.90 Å². The van der Waals surface area contributed by atoms with Crippen molar-refractivity contribution in [2.45, 2.75) is 30.7 Å². The minimum Gasteiger partial charge on any atom is -0.268 e. The van der Waals surface area contributed by atoms with E-state index in [1.165, 1.54) is 34.4 Å². The molecule has 1 fully saturated rings. The Morgan fingerprint density at radius 2 is 1.79 bits per heavy atom. The molecule has 3 aromatic carbocycles. The van der Waals surface area contributed by atoms with Gasteiger partial charge in [0.2, 0.25) is 0 Å². The lowest BCUT2D eigenvalue weighted by molar-refractivity contribution is 0.0864. The number of thiazole rings is 1. The van der Waals surface area contributed by atoms with E-state index in [-0.39, 0.29) is 22.1 Å². The third-order valence-corrected chi connectivity index (χ3v) is 9.00. The molecule has 6 rings (SSSR count). The van der Waals surface area contributed by atoms with Gasteiger partial charge in [0, 0.05) is 11.6 Å². The maximum atomic E-state index is 13.9. The molecule has 34 heavy (non-hydrogen) atoms. The van der Waals surface area contributed by atoms with Gasteiger partial charge in [0.25, 0.3) is 21.8 Å². The molecule has 1 aliphatic carbocycles. The SMILES string of the molecule is Cc1ccccc1N(C(=O)c1ccc2c(c1)S(=O)(=O)N(C1CC1)C2=O)c1nc2ccccc2s1. The maximum absolute atomic E-state index is 13.9. The van der Waals surface area contributed by atoms with E-state index in [4.69, 9.17) is 0 Å². The number of aryl methyl sites for hydroxylation is 1. The number of sulfonamides is 1. The van der Waals surface area contributed by atoms with Crippen molar-refractivity contribution in [1.82, 2.24) is 9.29 Å². The number of para-hydroxylation sites is 2. The summed E-state index contributed by atoms with van der Waals surface area (Å²) in [5, 5.41) is 0.486. The summed E-state index contributed by atoms with van der Waals surface area (Å²) in [6, 6.07) is 19.1. The molecule has 2 heterocycles. The summed E-state index contributed by atoms with van der Waals surface area (Å²) in [6.07, 6.45) is 1.34. The maximum Gasteiger partial charge on any atom is 0.269 e. The van der Waals surface area contributed by atoms with Crippen LogP contribution in [0.15, 0.2) is 71.6 Å². The average molecular weight is 490 g/mol. The molecule has 0 atom stereocenters. The number of amides is 2. The lowest BCUT2D eigenvalue weighted by atomic mass is 10.1. The number of hydrogen-bond acceptors (Lipinski definition) is 6. The van der Waals surface area contributed by atoms with E-state index in [9.17, 15) is 18.0 Å². The summed E-state index contributed by atoms with van der Waals surface area (Å²) < 4.78 is 28.1. The molecular formula is C25H19N3O4S2. The summed E-state index contributed by atoms with van der Waals surface area (Å²) >= 11 is 1.38. The highest BCUT2D eigenvalue weighted by Gasteiger charge is 2.49. The number of carbonyl (C=O) groups excluding carboxylic acids is 2. The van der Waals surface area contributed by atoms with E-state index >= 15 is 0 Å². The van der Waals surface area contributed by atoms with Crippen molar-refractivity contribution in [2.24, 2.45) is 0 Å². The Morgan fingerprint density at radius 3 is 2.53 bits per heavy atom. The van der Waals surface area contributed by atoms with E-state index in [2.05, 4.69) is 4.98 Å². The zero-order valence-electron chi connectivity index (χ0n) is 18.1. The number of hydrogen-bond donors (Lipinski definition) is 0. The second-order valence-electron chi connectivity index (χ2n) is 8.44. The van der Waals surface area contributed by atoms with Crippen LogP contribution in [-0.2, 0) is 10.0 Å². The molecule has 0 spiro atoms. The van der Waals surface area contributed by atoms with Crippen molar-refractivity contribution in [3.8, 4) is 0 Å². The van der Waals surface area contributed by atoms with Gasteiger partial charge in [-0.25, -0.2) is 17.7 Å². The largest absolute Gasteiger partial charge is 0.269 e. The van der Waals surface area contributed by atoms with Gasteiger partial charge in [-0.2, -0.15) is 0 Å². The molecule has 1 aliphatic heterocycles. The van der Waals surface area contributed by atoms with Crippen LogP contribution in [0.2, 0.25) is 0 Å². The van der Waals surface area contributed by atoms with Gasteiger partial charge in [-0.3, -0.25) is 14.5 Å². The average Bonchev–Trinajstić information content (AvgIpc) is 3.52. The molecule has 1 aromatic heterocycles. The fraction of sp³-hybridized carbons (Fsp3) is 0.160. The molecule has 9 heteroatoms. The predicted molar refractivity (Wildman–Crippen MR) is 130 cm³/mol. The van der Waals surface area contributed by atoms with E-state index in [1.807, 2.05) is 55.5 Å². The molecule has 7 nitrogen and oxygen atoms in total. The topological polar surface area (TPSA) is 87.7 Å². The molecule has 2 amide bonds. The molecule has 0 unspecified atom stereocenters. The quantitative estimate of drug-likeness (QED) is 0.407. The van der Waals surface area contributed by atoms with Gasteiger partial charge in [-0.1, -0.05) is 41.7 Å². The zero-order chi connectivity index (χ0) is 23.6. The molecule has 0 N–H and O–H groups in total. The zero-order valence-corrected chi connectivity index (χ0v) is 19.8. The Morgan fingerprint density at radius 1 is 1.06 bits per heavy atom. The number of rotatable bonds is 4. The lowest BCUT2D eigenvalue weighted by Crippen LogP contribution is -2.32. The van der Waals surface area contributed by atoms with E-state index in [0.717, 1.165) is 20.1 Å². The molecule has 1 saturated carbocycles. The first-order valence-electron chi connectivity index (χ1n) is 10.8. The van der Waals surface area contributed by atoms with Crippen LogP contribution in [0.25, 0.3) is 10.2 Å². The van der Waals surface area contributed by atoms with Gasteiger partial charge in [-0.15, -0.1) is 0 Å². The predicted octanol–water partition coefficient (Wildman–Crippen LogP) is 4.89. The normalized spacial score (nSPS) is 16.6. The first-order valence-corrected chi connectivity index (χ1v) is 13.1. The second-order valence-corrected chi connectivity index (χ2v) is 11.2. The number of carbonyl (C=O) groups is 2. The first kappa shape index (κ1) is 21.0. The summed E-state index contributed by atoms with van der Waals surface area (Å²) in [5.41, 5.74) is 2.60. The highest BCUT2D eigenvalue weighted by atomic mass is 32.2. The van der Waals surface area contributed by atoms with Gasteiger partial charge in [-0.05, 0) is 61.7 Å². The van der Waals surface area contributed by atoms with Gasteiger partial charge >= 0.3 is 0 Å². The van der Waals surface area contributed by atoms with Crippen LogP contribution in [0.5, 0.6) is 0 Å². The Balaban J connectivity index is 1.49. The van der Waals surface area contributed by atoms with Crippen LogP contribution in [0.3, 0.4) is 0 Å². The number of benzene rings is 3. The molecule has 0 radical (unpaired) electrons. The van der Waals surface area contributed by atoms with Crippen LogP contribution in [0, 0.1) is 6.92 Å². The van der Waals surface area contributed by atoms with Crippen LogP contribution in [-0.4, -0.2) is 35.6 Å². The van der Waals surface area contributed by atoms with Crippen LogP contribution >= 0.6 is 11.3 Å². The van der Waals surface area contributed by atoms with Crippen LogP contribution in [0.4, 0.5) is 10.8 Å². The van der Waals surface area contributed by atoms with Crippen molar-refractivity contribution >= 4 is 54.2 Å². The van der Waals surface area contributed by atoms with Crippen molar-refractivity contribution in [3.05, 3.63) is 83.4 Å². The Kier molecular flexibility index (Phi) is 4.62. The minimum atomic E-state index is -3.97. The monoisotopic (exact) mass is 489 g/mol. The van der Waals surface area contributed by atoms with Gasteiger partial charge in [0.05, 0.1) is 21.5 Å². The van der Waals surface area contributed by atoms with Crippen molar-refractivity contribution in [3.63, 3.8) is 0 Å². The van der Waals surface area contributed by atoms with Gasteiger partial charge in [0.15, 0.2) is 5.13 Å². The Bertz CT molecular complexity index is 1570. The van der Waals surface area contributed by atoms with E-state index < -0.39 is 21.8 Å². The number of nitrogens with zero attached hydrogens (tertiary/aromatic N) is 3. The smallest absolute Gasteiger partial charge is 0.268 e. The fourth-order valence-corrected chi connectivity index (χ4v) is 7.07. The van der Waals surface area contributed by atoms with Crippen molar-refractivity contribution < 1.29 is 18.0 Å².